The molecule has 0 atom stereocenters. The van der Waals surface area contributed by atoms with Crippen LogP contribution in [-0.2, 0) is 12.8 Å². The zero-order valence-corrected chi connectivity index (χ0v) is 10.2. The minimum absolute atomic E-state index is 0.615. The summed E-state index contributed by atoms with van der Waals surface area (Å²) in [6, 6.07) is 6.90. The summed E-state index contributed by atoms with van der Waals surface area (Å²) in [6.07, 6.45) is 5.39. The molecule has 0 aliphatic carbocycles. The molecule has 0 amide bonds. The van der Waals surface area contributed by atoms with Gasteiger partial charge in [0, 0.05) is 0 Å². The quantitative estimate of drug-likeness (QED) is 0.617. The van der Waals surface area contributed by atoms with Gasteiger partial charge >= 0.3 is 0 Å². The second-order valence-electron chi connectivity index (χ2n) is 4.43. The lowest BCUT2D eigenvalue weighted by Crippen LogP contribution is -1.96. The molecule has 0 heterocycles. The van der Waals surface area contributed by atoms with Crippen molar-refractivity contribution < 1.29 is 0 Å². The molecule has 0 fully saturated rings. The van der Waals surface area contributed by atoms with Gasteiger partial charge in [-0.3, -0.25) is 0 Å². The fraction of sp³-hybridized carbons (Fsp3) is 0.467. The summed E-state index contributed by atoms with van der Waals surface area (Å²) in [5, 5.41) is 0. The van der Waals surface area contributed by atoms with Crippen LogP contribution in [0.2, 0.25) is 0 Å². The van der Waals surface area contributed by atoms with Crippen molar-refractivity contribution in [2.24, 2.45) is 0 Å². The van der Waals surface area contributed by atoms with Crippen molar-refractivity contribution in [3.63, 3.8) is 0 Å². The number of hydrogen-bond donors (Lipinski definition) is 0. The Morgan fingerprint density at radius 2 is 2.00 bits per heavy atom. The molecule has 0 aromatic heterocycles. The van der Waals surface area contributed by atoms with Gasteiger partial charge in [-0.05, 0) is 35.4 Å². The number of rotatable bonds is 5. The molecule has 0 radical (unpaired) electrons. The molecule has 82 valence electrons. The summed E-state index contributed by atoms with van der Waals surface area (Å²) in [5.41, 5.74) is 4.38. The lowest BCUT2D eigenvalue weighted by molar-refractivity contribution is 0.853. The summed E-state index contributed by atoms with van der Waals surface area (Å²) in [6.45, 7) is 10.5. The van der Waals surface area contributed by atoms with Gasteiger partial charge in [0.15, 0.2) is 0 Å². The summed E-state index contributed by atoms with van der Waals surface area (Å²) in [4.78, 5) is 0. The Morgan fingerprint density at radius 1 is 1.27 bits per heavy atom. The van der Waals surface area contributed by atoms with E-state index in [0.717, 1.165) is 6.42 Å². The van der Waals surface area contributed by atoms with Crippen molar-refractivity contribution in [2.45, 2.75) is 46.0 Å². The number of benzene rings is 1. The lowest BCUT2D eigenvalue weighted by atomic mass is 9.94. The highest BCUT2D eigenvalue weighted by atomic mass is 14.1. The number of allylic oxidation sites excluding steroid dienone is 1. The van der Waals surface area contributed by atoms with Gasteiger partial charge in [0.2, 0.25) is 0 Å². The standard InChI is InChI=1S/C15H22/c1-5-7-13-9-10-14(12(3)4)11-15(13)8-6-2/h6,9-12H,2,5,7-8H2,1,3-4H3. The van der Waals surface area contributed by atoms with Gasteiger partial charge in [0.05, 0.1) is 0 Å². The summed E-state index contributed by atoms with van der Waals surface area (Å²) in [7, 11) is 0. The van der Waals surface area contributed by atoms with Crippen molar-refractivity contribution in [1.82, 2.24) is 0 Å². The van der Waals surface area contributed by atoms with Gasteiger partial charge in [-0.25, -0.2) is 0 Å². The van der Waals surface area contributed by atoms with Crippen LogP contribution in [-0.4, -0.2) is 0 Å². The molecular weight excluding hydrogens is 180 g/mol. The van der Waals surface area contributed by atoms with Gasteiger partial charge < -0.3 is 0 Å². The molecule has 0 aliphatic rings. The largest absolute Gasteiger partial charge is 0.103 e. The molecule has 1 rings (SSSR count). The average molecular weight is 202 g/mol. The van der Waals surface area contributed by atoms with E-state index in [0.29, 0.717) is 5.92 Å². The lowest BCUT2D eigenvalue weighted by Gasteiger charge is -2.12. The third-order valence-corrected chi connectivity index (χ3v) is 2.78. The zero-order chi connectivity index (χ0) is 11.3. The summed E-state index contributed by atoms with van der Waals surface area (Å²) in [5.74, 6) is 0.615. The smallest absolute Gasteiger partial charge is 0.00973 e. The Bertz CT molecular complexity index is 321. The van der Waals surface area contributed by atoms with E-state index in [9.17, 15) is 0 Å². The highest BCUT2D eigenvalue weighted by molar-refractivity contribution is 5.34. The van der Waals surface area contributed by atoms with Crippen LogP contribution < -0.4 is 0 Å². The molecular formula is C15H22. The van der Waals surface area contributed by atoms with E-state index in [1.54, 1.807) is 0 Å². The van der Waals surface area contributed by atoms with Crippen LogP contribution >= 0.6 is 0 Å². The molecule has 0 aliphatic heterocycles. The van der Waals surface area contributed by atoms with Gasteiger partial charge in [-0.2, -0.15) is 0 Å². The topological polar surface area (TPSA) is 0 Å². The summed E-state index contributed by atoms with van der Waals surface area (Å²) >= 11 is 0. The molecule has 1 aromatic rings. The van der Waals surface area contributed by atoms with E-state index in [1.807, 2.05) is 6.08 Å². The van der Waals surface area contributed by atoms with E-state index in [-0.39, 0.29) is 0 Å². The van der Waals surface area contributed by atoms with Crippen LogP contribution in [0, 0.1) is 0 Å². The van der Waals surface area contributed by atoms with E-state index in [4.69, 9.17) is 0 Å². The zero-order valence-electron chi connectivity index (χ0n) is 10.2. The first-order chi connectivity index (χ1) is 7.19. The van der Waals surface area contributed by atoms with Crippen LogP contribution in [0.1, 0.15) is 49.8 Å². The molecule has 15 heavy (non-hydrogen) atoms. The second-order valence-corrected chi connectivity index (χ2v) is 4.43. The van der Waals surface area contributed by atoms with Crippen LogP contribution in [0.3, 0.4) is 0 Å². The first-order valence-corrected chi connectivity index (χ1v) is 5.91. The average Bonchev–Trinajstić information content (AvgIpc) is 2.21. The van der Waals surface area contributed by atoms with Crippen molar-refractivity contribution in [2.75, 3.05) is 0 Å². The van der Waals surface area contributed by atoms with E-state index < -0.39 is 0 Å². The molecule has 0 saturated carbocycles. The molecule has 0 N–H and O–H groups in total. The minimum atomic E-state index is 0.615. The third-order valence-electron chi connectivity index (χ3n) is 2.78. The first-order valence-electron chi connectivity index (χ1n) is 5.91. The Kier molecular flexibility index (Phi) is 4.61. The summed E-state index contributed by atoms with van der Waals surface area (Å²) < 4.78 is 0. The van der Waals surface area contributed by atoms with Gasteiger partial charge in [-0.1, -0.05) is 51.5 Å². The van der Waals surface area contributed by atoms with Crippen LogP contribution in [0.25, 0.3) is 0 Å². The van der Waals surface area contributed by atoms with Crippen molar-refractivity contribution in [3.05, 3.63) is 47.5 Å². The first kappa shape index (κ1) is 12.0. The third kappa shape index (κ3) is 3.23. The molecule has 0 spiro atoms. The van der Waals surface area contributed by atoms with Gasteiger partial charge in [-0.15, -0.1) is 6.58 Å². The minimum Gasteiger partial charge on any atom is -0.103 e. The van der Waals surface area contributed by atoms with Crippen molar-refractivity contribution in [3.8, 4) is 0 Å². The van der Waals surface area contributed by atoms with Crippen LogP contribution in [0.15, 0.2) is 30.9 Å². The predicted molar refractivity (Wildman–Crippen MR) is 68.4 cm³/mol. The monoisotopic (exact) mass is 202 g/mol. The maximum absolute atomic E-state index is 3.83. The van der Waals surface area contributed by atoms with Gasteiger partial charge in [0.25, 0.3) is 0 Å². The van der Waals surface area contributed by atoms with Crippen LogP contribution in [0.5, 0.6) is 0 Å². The predicted octanol–water partition coefficient (Wildman–Crippen LogP) is 4.49. The van der Waals surface area contributed by atoms with Crippen LogP contribution in [0.4, 0.5) is 0 Å². The van der Waals surface area contributed by atoms with Crippen molar-refractivity contribution in [1.29, 1.82) is 0 Å². The molecule has 1 aromatic carbocycles. The molecule has 0 heteroatoms. The Balaban J connectivity index is 3.02. The number of aryl methyl sites for hydroxylation is 1. The molecule has 0 unspecified atom stereocenters. The fourth-order valence-corrected chi connectivity index (χ4v) is 1.86. The van der Waals surface area contributed by atoms with E-state index >= 15 is 0 Å². The Hall–Kier alpha value is -1.04. The molecule has 0 bridgehead atoms. The second kappa shape index (κ2) is 5.75. The normalized spacial score (nSPS) is 10.7. The highest BCUT2D eigenvalue weighted by Crippen LogP contribution is 2.20. The Labute approximate surface area is 94.0 Å². The molecule has 0 nitrogen and oxygen atoms in total. The SMILES string of the molecule is C=CCc1cc(C(C)C)ccc1CCC. The van der Waals surface area contributed by atoms with E-state index in [2.05, 4.69) is 45.5 Å². The van der Waals surface area contributed by atoms with Gasteiger partial charge in [0.1, 0.15) is 0 Å². The maximum atomic E-state index is 3.83. The van der Waals surface area contributed by atoms with E-state index in [1.165, 1.54) is 29.5 Å². The maximum Gasteiger partial charge on any atom is -0.00973 e. The number of hydrogen-bond acceptors (Lipinski definition) is 0. The highest BCUT2D eigenvalue weighted by Gasteiger charge is 2.04. The molecule has 0 saturated heterocycles. The van der Waals surface area contributed by atoms with Crippen molar-refractivity contribution >= 4 is 0 Å². The Morgan fingerprint density at radius 3 is 2.53 bits per heavy atom. The fourth-order valence-electron chi connectivity index (χ4n) is 1.86.